The molecule has 8 heteroatoms. The first-order chi connectivity index (χ1) is 12.7. The molecule has 142 valence electrons. The fraction of sp³-hybridized carbons (Fsp3) is 0.158. The molecular weight excluding hydrogens is 366 g/mol. The first kappa shape index (κ1) is 20.2. The van der Waals surface area contributed by atoms with Crippen LogP contribution in [-0.2, 0) is 20.5 Å². The number of rotatable bonds is 5. The van der Waals surface area contributed by atoms with Gasteiger partial charge in [-0.15, -0.1) is 0 Å². The minimum absolute atomic E-state index is 0.144. The summed E-state index contributed by atoms with van der Waals surface area (Å²) >= 11 is 0. The molecular formula is C19H15F4NO3. The number of carbonyl (C=O) groups excluding carboxylic acids is 2. The lowest BCUT2D eigenvalue weighted by Gasteiger charge is -2.16. The SMILES string of the molecule is C[C@@H](OC(=O)/C=C/c1ccccc1F)C(=O)Nc1ccccc1C(F)(F)F. The predicted molar refractivity (Wildman–Crippen MR) is 91.1 cm³/mol. The molecule has 0 aromatic heterocycles. The molecule has 0 radical (unpaired) electrons. The molecule has 1 atom stereocenters. The molecule has 2 rings (SSSR count). The third-order valence-corrected chi connectivity index (χ3v) is 3.46. The Labute approximate surface area is 152 Å². The molecule has 27 heavy (non-hydrogen) atoms. The summed E-state index contributed by atoms with van der Waals surface area (Å²) in [5, 5.41) is 2.08. The Balaban J connectivity index is 2.00. The van der Waals surface area contributed by atoms with Crippen LogP contribution in [0.5, 0.6) is 0 Å². The molecule has 2 aromatic rings. The van der Waals surface area contributed by atoms with Crippen LogP contribution < -0.4 is 5.32 Å². The molecule has 0 aliphatic carbocycles. The zero-order valence-electron chi connectivity index (χ0n) is 14.1. The molecule has 0 unspecified atom stereocenters. The van der Waals surface area contributed by atoms with Gasteiger partial charge < -0.3 is 10.1 Å². The monoisotopic (exact) mass is 381 g/mol. The highest BCUT2D eigenvalue weighted by molar-refractivity contribution is 5.97. The van der Waals surface area contributed by atoms with Crippen molar-refractivity contribution in [1.29, 1.82) is 0 Å². The van der Waals surface area contributed by atoms with Crippen molar-refractivity contribution in [3.63, 3.8) is 0 Å². The van der Waals surface area contributed by atoms with Gasteiger partial charge in [0.15, 0.2) is 6.10 Å². The molecule has 0 aliphatic rings. The van der Waals surface area contributed by atoms with Crippen molar-refractivity contribution in [3.05, 3.63) is 71.6 Å². The summed E-state index contributed by atoms with van der Waals surface area (Å²) in [6.07, 6.45) is -3.91. The summed E-state index contributed by atoms with van der Waals surface area (Å²) in [5.41, 5.74) is -1.32. The van der Waals surface area contributed by atoms with Crippen molar-refractivity contribution in [3.8, 4) is 0 Å². The van der Waals surface area contributed by atoms with E-state index in [1.54, 1.807) is 6.07 Å². The largest absolute Gasteiger partial charge is 0.449 e. The van der Waals surface area contributed by atoms with Gasteiger partial charge in [-0.25, -0.2) is 9.18 Å². The van der Waals surface area contributed by atoms with Crippen molar-refractivity contribution in [2.45, 2.75) is 19.2 Å². The zero-order valence-corrected chi connectivity index (χ0v) is 14.1. The van der Waals surface area contributed by atoms with Crippen molar-refractivity contribution in [2.24, 2.45) is 0 Å². The van der Waals surface area contributed by atoms with E-state index in [0.717, 1.165) is 18.2 Å². The number of benzene rings is 2. The molecule has 0 spiro atoms. The first-order valence-corrected chi connectivity index (χ1v) is 7.79. The second kappa shape index (κ2) is 8.48. The van der Waals surface area contributed by atoms with Crippen LogP contribution in [0.2, 0.25) is 0 Å². The lowest BCUT2D eigenvalue weighted by Crippen LogP contribution is -2.30. The molecule has 0 fully saturated rings. The predicted octanol–water partition coefficient (Wildman–Crippen LogP) is 4.43. The summed E-state index contributed by atoms with van der Waals surface area (Å²) in [5.74, 6) is -2.42. The van der Waals surface area contributed by atoms with Crippen LogP contribution in [0.25, 0.3) is 6.08 Å². The number of para-hydroxylation sites is 1. The number of alkyl halides is 3. The molecule has 1 N–H and O–H groups in total. The van der Waals surface area contributed by atoms with E-state index in [2.05, 4.69) is 5.32 Å². The number of hydrogen-bond donors (Lipinski definition) is 1. The maximum atomic E-state index is 13.4. The van der Waals surface area contributed by atoms with E-state index in [9.17, 15) is 27.2 Å². The van der Waals surface area contributed by atoms with Gasteiger partial charge in [0, 0.05) is 11.6 Å². The van der Waals surface area contributed by atoms with E-state index >= 15 is 0 Å². The van der Waals surface area contributed by atoms with Crippen LogP contribution in [0, 0.1) is 5.82 Å². The van der Waals surface area contributed by atoms with E-state index < -0.39 is 41.2 Å². The highest BCUT2D eigenvalue weighted by atomic mass is 19.4. The third kappa shape index (κ3) is 5.67. The van der Waals surface area contributed by atoms with E-state index in [-0.39, 0.29) is 5.56 Å². The molecule has 0 saturated carbocycles. The van der Waals surface area contributed by atoms with Gasteiger partial charge in [0.2, 0.25) is 0 Å². The number of esters is 1. The van der Waals surface area contributed by atoms with Crippen LogP contribution in [0.4, 0.5) is 23.2 Å². The standard InChI is InChI=1S/C19H15F4NO3/c1-12(27-17(25)11-10-13-6-2-4-8-15(13)20)18(26)24-16-9-5-3-7-14(16)19(21,22)23/h2-12H,1H3,(H,24,26)/b11-10+/t12-/m1/s1. The van der Waals surface area contributed by atoms with Gasteiger partial charge in [0.1, 0.15) is 5.82 Å². The summed E-state index contributed by atoms with van der Waals surface area (Å²) in [4.78, 5) is 23.7. The maximum absolute atomic E-state index is 13.4. The highest BCUT2D eigenvalue weighted by Gasteiger charge is 2.34. The topological polar surface area (TPSA) is 55.4 Å². The quantitative estimate of drug-likeness (QED) is 0.474. The Kier molecular flexibility index (Phi) is 6.33. The van der Waals surface area contributed by atoms with E-state index in [4.69, 9.17) is 4.74 Å². The molecule has 1 amide bonds. The van der Waals surface area contributed by atoms with Crippen LogP contribution >= 0.6 is 0 Å². The molecule has 2 aromatic carbocycles. The van der Waals surface area contributed by atoms with Gasteiger partial charge in [0.05, 0.1) is 11.3 Å². The van der Waals surface area contributed by atoms with Crippen molar-refractivity contribution in [1.82, 2.24) is 0 Å². The van der Waals surface area contributed by atoms with Crippen LogP contribution in [0.1, 0.15) is 18.1 Å². The minimum Gasteiger partial charge on any atom is -0.449 e. The Morgan fingerprint density at radius 1 is 1.07 bits per heavy atom. The average molecular weight is 381 g/mol. The summed E-state index contributed by atoms with van der Waals surface area (Å²) in [6.45, 7) is 1.21. The smallest absolute Gasteiger partial charge is 0.418 e. The molecule has 0 aliphatic heterocycles. The number of carbonyl (C=O) groups is 2. The minimum atomic E-state index is -4.65. The van der Waals surface area contributed by atoms with Crippen LogP contribution in [0.15, 0.2) is 54.6 Å². The Hall–Kier alpha value is -3.16. The second-order valence-corrected chi connectivity index (χ2v) is 5.47. The average Bonchev–Trinajstić information content (AvgIpc) is 2.60. The highest BCUT2D eigenvalue weighted by Crippen LogP contribution is 2.34. The normalized spacial score (nSPS) is 12.6. The number of nitrogens with one attached hydrogen (secondary N) is 1. The van der Waals surface area contributed by atoms with E-state index in [1.165, 1.54) is 43.3 Å². The van der Waals surface area contributed by atoms with Crippen molar-refractivity contribution in [2.75, 3.05) is 5.32 Å². The van der Waals surface area contributed by atoms with E-state index in [1.807, 2.05) is 0 Å². The number of halogens is 4. The third-order valence-electron chi connectivity index (χ3n) is 3.46. The number of amides is 1. The van der Waals surface area contributed by atoms with Crippen molar-refractivity contribution < 1.29 is 31.9 Å². The zero-order chi connectivity index (χ0) is 20.0. The van der Waals surface area contributed by atoms with Gasteiger partial charge in [0.25, 0.3) is 5.91 Å². The Morgan fingerprint density at radius 3 is 2.37 bits per heavy atom. The number of ether oxygens (including phenoxy) is 1. The Bertz CT molecular complexity index is 862. The van der Waals surface area contributed by atoms with Crippen molar-refractivity contribution >= 4 is 23.6 Å². The van der Waals surface area contributed by atoms with Gasteiger partial charge in [-0.05, 0) is 31.2 Å². The maximum Gasteiger partial charge on any atom is 0.418 e. The fourth-order valence-electron chi connectivity index (χ4n) is 2.11. The van der Waals surface area contributed by atoms with Crippen LogP contribution in [-0.4, -0.2) is 18.0 Å². The summed E-state index contributed by atoms with van der Waals surface area (Å²) < 4.78 is 57.1. The van der Waals surface area contributed by atoms with Gasteiger partial charge in [-0.2, -0.15) is 13.2 Å². The Morgan fingerprint density at radius 2 is 1.70 bits per heavy atom. The lowest BCUT2D eigenvalue weighted by molar-refractivity contribution is -0.148. The molecule has 0 heterocycles. The molecule has 4 nitrogen and oxygen atoms in total. The number of anilines is 1. The van der Waals surface area contributed by atoms with Gasteiger partial charge >= 0.3 is 12.1 Å². The van der Waals surface area contributed by atoms with Gasteiger partial charge in [-0.1, -0.05) is 30.3 Å². The lowest BCUT2D eigenvalue weighted by atomic mass is 10.1. The summed E-state index contributed by atoms with van der Waals surface area (Å²) in [6, 6.07) is 10.1. The fourth-order valence-corrected chi connectivity index (χ4v) is 2.11. The van der Waals surface area contributed by atoms with E-state index in [0.29, 0.717) is 0 Å². The van der Waals surface area contributed by atoms with Gasteiger partial charge in [-0.3, -0.25) is 4.79 Å². The summed E-state index contributed by atoms with van der Waals surface area (Å²) in [7, 11) is 0. The number of hydrogen-bond acceptors (Lipinski definition) is 3. The first-order valence-electron chi connectivity index (χ1n) is 7.79. The second-order valence-electron chi connectivity index (χ2n) is 5.47. The molecule has 0 saturated heterocycles. The van der Waals surface area contributed by atoms with Crippen LogP contribution in [0.3, 0.4) is 0 Å². The molecule has 0 bridgehead atoms.